The molecule has 1 aromatic carbocycles. The molecule has 0 bridgehead atoms. The van der Waals surface area contributed by atoms with Crippen LogP contribution in [-0.2, 0) is 0 Å². The Bertz CT molecular complexity index is 358. The van der Waals surface area contributed by atoms with Gasteiger partial charge >= 0.3 is 0 Å². The number of nitrogens with one attached hydrogen (secondary N) is 1. The highest BCUT2D eigenvalue weighted by Crippen LogP contribution is 2.24. The number of hydrogen-bond donors (Lipinski definition) is 2. The Morgan fingerprint density at radius 3 is 2.61 bits per heavy atom. The van der Waals surface area contributed by atoms with Gasteiger partial charge in [-0.15, -0.1) is 0 Å². The van der Waals surface area contributed by atoms with E-state index in [2.05, 4.69) is 43.4 Å². The van der Waals surface area contributed by atoms with Crippen molar-refractivity contribution in [2.45, 2.75) is 64.0 Å². The fourth-order valence-electron chi connectivity index (χ4n) is 2.74. The van der Waals surface area contributed by atoms with E-state index in [1.807, 2.05) is 0 Å². The lowest BCUT2D eigenvalue weighted by atomic mass is 9.91. The third-order valence-electron chi connectivity index (χ3n) is 4.18. The van der Waals surface area contributed by atoms with Crippen LogP contribution >= 0.6 is 0 Å². The monoisotopic (exact) mass is 246 g/mol. The van der Waals surface area contributed by atoms with Crippen molar-refractivity contribution in [3.8, 4) is 0 Å². The molecule has 0 amide bonds. The lowest BCUT2D eigenvalue weighted by Crippen LogP contribution is -2.34. The van der Waals surface area contributed by atoms with E-state index >= 15 is 0 Å². The van der Waals surface area contributed by atoms with Gasteiger partial charge in [-0.25, -0.2) is 0 Å². The van der Waals surface area contributed by atoms with Gasteiger partial charge in [-0.05, 0) is 55.7 Å². The molecule has 1 aliphatic rings. The van der Waals surface area contributed by atoms with E-state index in [-0.39, 0.29) is 0 Å². The highest BCUT2D eigenvalue weighted by molar-refractivity contribution is 5.46. The molecule has 18 heavy (non-hydrogen) atoms. The van der Waals surface area contributed by atoms with Gasteiger partial charge in [0.1, 0.15) is 0 Å². The second-order valence-corrected chi connectivity index (χ2v) is 5.70. The summed E-state index contributed by atoms with van der Waals surface area (Å²) < 4.78 is 0. The highest BCUT2D eigenvalue weighted by atomic mass is 14.9. The largest absolute Gasteiger partial charge is 0.382 e. The van der Waals surface area contributed by atoms with Crippen LogP contribution in [0.25, 0.3) is 0 Å². The van der Waals surface area contributed by atoms with E-state index in [1.165, 1.54) is 36.9 Å². The summed E-state index contributed by atoms with van der Waals surface area (Å²) in [6, 6.07) is 9.86. The molecule has 0 saturated heterocycles. The van der Waals surface area contributed by atoms with E-state index in [0.29, 0.717) is 18.0 Å². The molecule has 0 spiro atoms. The molecule has 1 aromatic rings. The summed E-state index contributed by atoms with van der Waals surface area (Å²) >= 11 is 0. The van der Waals surface area contributed by atoms with Crippen LogP contribution in [0.1, 0.15) is 57.4 Å². The number of anilines is 1. The topological polar surface area (TPSA) is 38.0 Å². The van der Waals surface area contributed by atoms with Gasteiger partial charge in [0.2, 0.25) is 0 Å². The smallest absolute Gasteiger partial charge is 0.0342 e. The van der Waals surface area contributed by atoms with Crippen LogP contribution in [0.4, 0.5) is 5.69 Å². The number of benzene rings is 1. The summed E-state index contributed by atoms with van der Waals surface area (Å²) in [6.07, 6.45) is 5.99. The summed E-state index contributed by atoms with van der Waals surface area (Å²) in [5, 5.41) is 3.62. The Kier molecular flexibility index (Phi) is 4.65. The molecule has 2 rings (SSSR count). The van der Waals surface area contributed by atoms with Crippen molar-refractivity contribution < 1.29 is 0 Å². The summed E-state index contributed by atoms with van der Waals surface area (Å²) in [5.74, 6) is 0.655. The average molecular weight is 246 g/mol. The van der Waals surface area contributed by atoms with Gasteiger partial charge in [-0.2, -0.15) is 0 Å². The fourth-order valence-corrected chi connectivity index (χ4v) is 2.74. The van der Waals surface area contributed by atoms with Gasteiger partial charge in [0.25, 0.3) is 0 Å². The van der Waals surface area contributed by atoms with Gasteiger partial charge in [-0.1, -0.05) is 26.0 Å². The molecule has 3 unspecified atom stereocenters. The second-order valence-electron chi connectivity index (χ2n) is 5.70. The minimum Gasteiger partial charge on any atom is -0.382 e. The Labute approximate surface area is 111 Å². The van der Waals surface area contributed by atoms with Crippen molar-refractivity contribution in [1.29, 1.82) is 0 Å². The van der Waals surface area contributed by atoms with Crippen LogP contribution in [0.15, 0.2) is 24.3 Å². The van der Waals surface area contributed by atoms with Crippen LogP contribution in [0.2, 0.25) is 0 Å². The number of nitrogens with two attached hydrogens (primary N) is 1. The molecule has 0 heterocycles. The van der Waals surface area contributed by atoms with Gasteiger partial charge in [0.05, 0.1) is 0 Å². The van der Waals surface area contributed by atoms with Crippen LogP contribution in [0.5, 0.6) is 0 Å². The molecule has 1 saturated carbocycles. The average Bonchev–Trinajstić information content (AvgIpc) is 2.39. The lowest BCUT2D eigenvalue weighted by Gasteiger charge is -2.28. The van der Waals surface area contributed by atoms with Crippen molar-refractivity contribution in [2.24, 2.45) is 5.73 Å². The van der Waals surface area contributed by atoms with E-state index in [1.54, 1.807) is 0 Å². The highest BCUT2D eigenvalue weighted by Gasteiger charge is 2.18. The van der Waals surface area contributed by atoms with Gasteiger partial charge in [-0.3, -0.25) is 0 Å². The molecule has 2 heteroatoms. The van der Waals surface area contributed by atoms with Crippen molar-refractivity contribution in [2.75, 3.05) is 5.32 Å². The molecule has 0 aromatic heterocycles. The fraction of sp³-hybridized carbons (Fsp3) is 0.625. The molecule has 0 aliphatic heterocycles. The molecule has 3 atom stereocenters. The SMILES string of the molecule is CCC(C)c1ccc(NC2CCCC(N)C2)cc1. The summed E-state index contributed by atoms with van der Waals surface area (Å²) in [4.78, 5) is 0. The van der Waals surface area contributed by atoms with Gasteiger partial charge < -0.3 is 11.1 Å². The first-order valence-electron chi connectivity index (χ1n) is 7.31. The maximum absolute atomic E-state index is 6.02. The van der Waals surface area contributed by atoms with Crippen molar-refractivity contribution in [3.63, 3.8) is 0 Å². The maximum Gasteiger partial charge on any atom is 0.0342 e. The number of rotatable bonds is 4. The Hall–Kier alpha value is -1.02. The summed E-state index contributed by atoms with van der Waals surface area (Å²) in [5.41, 5.74) is 8.69. The minimum atomic E-state index is 0.385. The van der Waals surface area contributed by atoms with Crippen LogP contribution < -0.4 is 11.1 Å². The van der Waals surface area contributed by atoms with Gasteiger partial charge in [0, 0.05) is 17.8 Å². The standard InChI is InChI=1S/C16H26N2/c1-3-12(2)13-7-9-15(10-8-13)18-16-6-4-5-14(17)11-16/h7-10,12,14,16,18H,3-6,11,17H2,1-2H3. The normalized spacial score (nSPS) is 25.7. The first-order valence-corrected chi connectivity index (χ1v) is 7.31. The maximum atomic E-state index is 6.02. The molecular weight excluding hydrogens is 220 g/mol. The van der Waals surface area contributed by atoms with Gasteiger partial charge in [0.15, 0.2) is 0 Å². The predicted octanol–water partition coefficient (Wildman–Crippen LogP) is 3.88. The van der Waals surface area contributed by atoms with Crippen molar-refractivity contribution in [1.82, 2.24) is 0 Å². The lowest BCUT2D eigenvalue weighted by molar-refractivity contribution is 0.409. The Balaban J connectivity index is 1.93. The van der Waals surface area contributed by atoms with E-state index in [4.69, 9.17) is 5.73 Å². The summed E-state index contributed by atoms with van der Waals surface area (Å²) in [7, 11) is 0. The van der Waals surface area contributed by atoms with E-state index in [0.717, 1.165) is 6.42 Å². The quantitative estimate of drug-likeness (QED) is 0.846. The van der Waals surface area contributed by atoms with Crippen LogP contribution in [0.3, 0.4) is 0 Å². The number of hydrogen-bond acceptors (Lipinski definition) is 2. The van der Waals surface area contributed by atoms with Crippen molar-refractivity contribution in [3.05, 3.63) is 29.8 Å². The first-order chi connectivity index (χ1) is 8.69. The first kappa shape index (κ1) is 13.4. The molecule has 3 N–H and O–H groups in total. The predicted molar refractivity (Wildman–Crippen MR) is 79.0 cm³/mol. The third kappa shape index (κ3) is 3.49. The molecule has 1 aliphatic carbocycles. The zero-order chi connectivity index (χ0) is 13.0. The zero-order valence-electron chi connectivity index (χ0n) is 11.7. The molecular formula is C16H26N2. The molecule has 100 valence electrons. The van der Waals surface area contributed by atoms with Crippen LogP contribution in [0, 0.1) is 0 Å². The zero-order valence-corrected chi connectivity index (χ0v) is 11.7. The molecule has 2 nitrogen and oxygen atoms in total. The van der Waals surface area contributed by atoms with E-state index < -0.39 is 0 Å². The Morgan fingerprint density at radius 2 is 2.00 bits per heavy atom. The third-order valence-corrected chi connectivity index (χ3v) is 4.18. The van der Waals surface area contributed by atoms with Crippen molar-refractivity contribution >= 4 is 5.69 Å². The molecule has 0 radical (unpaired) electrons. The summed E-state index contributed by atoms with van der Waals surface area (Å²) in [6.45, 7) is 4.52. The Morgan fingerprint density at radius 1 is 1.28 bits per heavy atom. The molecule has 1 fully saturated rings. The minimum absolute atomic E-state index is 0.385. The van der Waals surface area contributed by atoms with Crippen LogP contribution in [-0.4, -0.2) is 12.1 Å². The van der Waals surface area contributed by atoms with E-state index in [9.17, 15) is 0 Å². The second kappa shape index (κ2) is 6.24.